The zero-order chi connectivity index (χ0) is 9.35. The van der Waals surface area contributed by atoms with Gasteiger partial charge in [0.25, 0.3) is 5.79 Å². The van der Waals surface area contributed by atoms with Crippen LogP contribution in [-0.2, 0) is 9.53 Å². The zero-order valence-electron chi connectivity index (χ0n) is 6.17. The van der Waals surface area contributed by atoms with E-state index in [1.165, 1.54) is 0 Å². The van der Waals surface area contributed by atoms with E-state index < -0.39 is 30.4 Å². The molecule has 0 bridgehead atoms. The number of aliphatic hydroxyl groups is 3. The number of carbonyl (C=O) groups is 1. The molecule has 1 saturated heterocycles. The second-order valence-corrected chi connectivity index (χ2v) is 2.74. The fraction of sp³-hybridized carbons (Fsp3) is 0.833. The molecule has 0 saturated carbocycles. The summed E-state index contributed by atoms with van der Waals surface area (Å²) >= 11 is 0. The molecule has 1 fully saturated rings. The molecule has 1 unspecified atom stereocenters. The van der Waals surface area contributed by atoms with Crippen LogP contribution in [0, 0.1) is 0 Å². The summed E-state index contributed by atoms with van der Waals surface area (Å²) in [5, 5.41) is 35.5. The maximum Gasteiger partial charge on any atom is 0.364 e. The highest BCUT2D eigenvalue weighted by atomic mass is 16.7. The lowest BCUT2D eigenvalue weighted by Gasteiger charge is -2.33. The quantitative estimate of drug-likeness (QED) is 0.366. The number of carboxylic acids is 1. The lowest BCUT2D eigenvalue weighted by atomic mass is 10.0. The van der Waals surface area contributed by atoms with E-state index in [9.17, 15) is 4.79 Å². The summed E-state index contributed by atoms with van der Waals surface area (Å²) in [4.78, 5) is 10.4. The second kappa shape index (κ2) is 2.98. The molecule has 0 radical (unpaired) electrons. The van der Waals surface area contributed by atoms with Gasteiger partial charge in [-0.15, -0.1) is 0 Å². The zero-order valence-corrected chi connectivity index (χ0v) is 6.17. The van der Waals surface area contributed by atoms with Crippen LogP contribution in [0.1, 0.15) is 6.42 Å². The summed E-state index contributed by atoms with van der Waals surface area (Å²) in [6, 6.07) is 0. The van der Waals surface area contributed by atoms with E-state index in [2.05, 4.69) is 4.74 Å². The summed E-state index contributed by atoms with van der Waals surface area (Å²) in [7, 11) is 0. The minimum atomic E-state index is -2.36. The van der Waals surface area contributed by atoms with Crippen LogP contribution in [0.2, 0.25) is 0 Å². The SMILES string of the molecule is O=C(O)[C@@]1(O)CC(O)[C@@H](O)CO1. The van der Waals surface area contributed by atoms with Crippen LogP contribution in [0.15, 0.2) is 0 Å². The van der Waals surface area contributed by atoms with Gasteiger partial charge in [-0.1, -0.05) is 0 Å². The van der Waals surface area contributed by atoms with Gasteiger partial charge in [0.15, 0.2) is 0 Å². The number of hydrogen-bond acceptors (Lipinski definition) is 5. The third-order valence-electron chi connectivity index (χ3n) is 1.76. The van der Waals surface area contributed by atoms with Crippen molar-refractivity contribution in [2.45, 2.75) is 24.4 Å². The van der Waals surface area contributed by atoms with Crippen molar-refractivity contribution < 1.29 is 30.0 Å². The van der Waals surface area contributed by atoms with E-state index in [1.807, 2.05) is 0 Å². The molecule has 70 valence electrons. The Morgan fingerprint density at radius 2 is 2.00 bits per heavy atom. The van der Waals surface area contributed by atoms with E-state index in [4.69, 9.17) is 20.4 Å². The standard InChI is InChI=1S/C6H10O6/c7-3-1-6(11,5(9)10)12-2-4(3)8/h3-4,7-8,11H,1-2H2,(H,9,10)/t3?,4-,6+/m0/s1. The number of rotatable bonds is 1. The largest absolute Gasteiger partial charge is 0.477 e. The van der Waals surface area contributed by atoms with Crippen molar-refractivity contribution in [1.82, 2.24) is 0 Å². The molecular weight excluding hydrogens is 168 g/mol. The molecule has 1 aliphatic heterocycles. The second-order valence-electron chi connectivity index (χ2n) is 2.74. The fourth-order valence-electron chi connectivity index (χ4n) is 0.962. The summed E-state index contributed by atoms with van der Waals surface area (Å²) in [5.41, 5.74) is 0. The Kier molecular flexibility index (Phi) is 2.34. The lowest BCUT2D eigenvalue weighted by Crippen LogP contribution is -2.53. The van der Waals surface area contributed by atoms with E-state index in [-0.39, 0.29) is 6.61 Å². The van der Waals surface area contributed by atoms with Crippen molar-refractivity contribution in [1.29, 1.82) is 0 Å². The lowest BCUT2D eigenvalue weighted by molar-refractivity contribution is -0.267. The number of hydrogen-bond donors (Lipinski definition) is 4. The smallest absolute Gasteiger partial charge is 0.364 e. The third kappa shape index (κ3) is 1.56. The van der Waals surface area contributed by atoms with E-state index in [0.29, 0.717) is 0 Å². The molecular formula is C6H10O6. The van der Waals surface area contributed by atoms with Crippen LogP contribution in [0.3, 0.4) is 0 Å². The molecule has 1 rings (SSSR count). The monoisotopic (exact) mass is 178 g/mol. The predicted molar refractivity (Wildman–Crippen MR) is 35.2 cm³/mol. The minimum absolute atomic E-state index is 0.385. The van der Waals surface area contributed by atoms with Gasteiger partial charge in [-0.05, 0) is 0 Å². The molecule has 3 atom stereocenters. The van der Waals surface area contributed by atoms with Crippen molar-refractivity contribution in [3.05, 3.63) is 0 Å². The fourth-order valence-corrected chi connectivity index (χ4v) is 0.962. The van der Waals surface area contributed by atoms with Gasteiger partial charge < -0.3 is 25.2 Å². The first kappa shape index (κ1) is 9.40. The van der Waals surface area contributed by atoms with Crippen LogP contribution in [0.4, 0.5) is 0 Å². The molecule has 1 aliphatic rings. The van der Waals surface area contributed by atoms with Crippen LogP contribution in [0.25, 0.3) is 0 Å². The van der Waals surface area contributed by atoms with Gasteiger partial charge in [0.1, 0.15) is 6.10 Å². The Morgan fingerprint density at radius 3 is 2.42 bits per heavy atom. The van der Waals surface area contributed by atoms with Gasteiger partial charge in [0.2, 0.25) is 0 Å². The van der Waals surface area contributed by atoms with E-state index in [1.54, 1.807) is 0 Å². The average Bonchev–Trinajstić information content (AvgIpc) is 1.97. The van der Waals surface area contributed by atoms with Gasteiger partial charge in [-0.3, -0.25) is 0 Å². The van der Waals surface area contributed by atoms with Crippen LogP contribution >= 0.6 is 0 Å². The number of carboxylic acid groups (broad SMARTS) is 1. The summed E-state index contributed by atoms with van der Waals surface area (Å²) in [5.74, 6) is -3.92. The number of aliphatic hydroxyl groups excluding tert-OH is 2. The van der Waals surface area contributed by atoms with E-state index >= 15 is 0 Å². The summed E-state index contributed by atoms with van der Waals surface area (Å²) in [6.45, 7) is -0.385. The van der Waals surface area contributed by atoms with Gasteiger partial charge in [-0.2, -0.15) is 0 Å². The first-order valence-corrected chi connectivity index (χ1v) is 3.41. The minimum Gasteiger partial charge on any atom is -0.477 e. The number of ether oxygens (including phenoxy) is 1. The maximum atomic E-state index is 10.4. The van der Waals surface area contributed by atoms with Gasteiger partial charge >= 0.3 is 5.97 Å². The molecule has 0 aliphatic carbocycles. The van der Waals surface area contributed by atoms with Crippen molar-refractivity contribution in [3.8, 4) is 0 Å². The first-order valence-electron chi connectivity index (χ1n) is 3.41. The highest BCUT2D eigenvalue weighted by Gasteiger charge is 2.45. The summed E-state index contributed by atoms with van der Waals surface area (Å²) < 4.78 is 4.46. The van der Waals surface area contributed by atoms with Crippen molar-refractivity contribution in [2.24, 2.45) is 0 Å². The highest BCUT2D eigenvalue weighted by Crippen LogP contribution is 2.22. The molecule has 0 aromatic rings. The molecule has 6 heteroatoms. The molecule has 4 N–H and O–H groups in total. The Hall–Kier alpha value is -0.690. The van der Waals surface area contributed by atoms with Gasteiger partial charge in [-0.25, -0.2) is 4.79 Å². The van der Waals surface area contributed by atoms with Gasteiger partial charge in [0, 0.05) is 6.42 Å². The Balaban J connectivity index is 2.66. The van der Waals surface area contributed by atoms with E-state index in [0.717, 1.165) is 0 Å². The molecule has 1 heterocycles. The van der Waals surface area contributed by atoms with Crippen LogP contribution < -0.4 is 0 Å². The molecule has 0 amide bonds. The normalized spacial score (nSPS) is 42.6. The highest BCUT2D eigenvalue weighted by molar-refractivity contribution is 5.75. The molecule has 6 nitrogen and oxygen atoms in total. The Morgan fingerprint density at radius 1 is 1.42 bits per heavy atom. The van der Waals surface area contributed by atoms with Crippen LogP contribution in [-0.4, -0.2) is 51.0 Å². The van der Waals surface area contributed by atoms with Gasteiger partial charge in [0.05, 0.1) is 12.7 Å². The van der Waals surface area contributed by atoms with Crippen LogP contribution in [0.5, 0.6) is 0 Å². The maximum absolute atomic E-state index is 10.4. The predicted octanol–water partition coefficient (Wildman–Crippen LogP) is -2.10. The van der Waals surface area contributed by atoms with Crippen molar-refractivity contribution in [3.63, 3.8) is 0 Å². The molecule has 0 aromatic heterocycles. The number of aliphatic carboxylic acids is 1. The molecule has 12 heavy (non-hydrogen) atoms. The summed E-state index contributed by atoms with van der Waals surface area (Å²) in [6.07, 6.45) is -2.92. The molecule has 0 aromatic carbocycles. The third-order valence-corrected chi connectivity index (χ3v) is 1.76. The first-order chi connectivity index (χ1) is 5.46. The Labute approximate surface area is 68.0 Å². The Bertz CT molecular complexity index is 192. The average molecular weight is 178 g/mol. The molecule has 0 spiro atoms. The topological polar surface area (TPSA) is 107 Å². The van der Waals surface area contributed by atoms with Crippen molar-refractivity contribution >= 4 is 5.97 Å². The van der Waals surface area contributed by atoms with Crippen molar-refractivity contribution in [2.75, 3.05) is 6.61 Å².